The molecule has 0 aliphatic rings. The fourth-order valence-corrected chi connectivity index (χ4v) is 2.46. The minimum atomic E-state index is -0.541. The molecular weight excluding hydrogens is 356 g/mol. The van der Waals surface area contributed by atoms with E-state index in [2.05, 4.69) is 5.32 Å². The summed E-state index contributed by atoms with van der Waals surface area (Å²) in [6.07, 6.45) is -0.392. The number of carbonyl (C=O) groups excluding carboxylic acids is 2. The molecule has 0 bridgehead atoms. The molecule has 1 N–H and O–H groups in total. The van der Waals surface area contributed by atoms with Crippen molar-refractivity contribution in [2.45, 2.75) is 39.5 Å². The van der Waals surface area contributed by atoms with Gasteiger partial charge in [-0.2, -0.15) is 0 Å². The van der Waals surface area contributed by atoms with Crippen LogP contribution < -0.4 is 5.32 Å². The second kappa shape index (κ2) is 9.90. The van der Waals surface area contributed by atoms with Gasteiger partial charge in [0.1, 0.15) is 12.2 Å². The molecule has 0 atom stereocenters. The van der Waals surface area contributed by atoms with Gasteiger partial charge in [0.2, 0.25) is 5.91 Å². The highest BCUT2D eigenvalue weighted by Crippen LogP contribution is 2.15. The van der Waals surface area contributed by atoms with Gasteiger partial charge in [0.15, 0.2) is 0 Å². The summed E-state index contributed by atoms with van der Waals surface area (Å²) in [5.74, 6) is -0.228. The zero-order chi connectivity index (χ0) is 20.6. The van der Waals surface area contributed by atoms with Crippen LogP contribution in [0.4, 0.5) is 10.5 Å². The third-order valence-electron chi connectivity index (χ3n) is 3.68. The van der Waals surface area contributed by atoms with Crippen molar-refractivity contribution in [1.82, 2.24) is 4.90 Å². The molecule has 0 aliphatic heterocycles. The first-order valence-corrected chi connectivity index (χ1v) is 9.17. The number of benzene rings is 2. The Morgan fingerprint density at radius 1 is 1.00 bits per heavy atom. The van der Waals surface area contributed by atoms with Gasteiger partial charge in [0, 0.05) is 19.3 Å². The number of amides is 2. The normalized spacial score (nSPS) is 11.0. The van der Waals surface area contributed by atoms with E-state index in [1.54, 1.807) is 13.1 Å². The number of hydrogen-bond acceptors (Lipinski definition) is 4. The van der Waals surface area contributed by atoms with E-state index in [-0.39, 0.29) is 12.5 Å². The molecule has 0 aromatic heterocycles. The number of anilines is 1. The Balaban J connectivity index is 1.83. The highest BCUT2D eigenvalue weighted by Gasteiger charge is 2.19. The molecule has 0 unspecified atom stereocenters. The minimum Gasteiger partial charge on any atom is -0.444 e. The first-order chi connectivity index (χ1) is 13.2. The van der Waals surface area contributed by atoms with Gasteiger partial charge in [-0.25, -0.2) is 4.79 Å². The zero-order valence-electron chi connectivity index (χ0n) is 16.9. The van der Waals surface area contributed by atoms with E-state index >= 15 is 0 Å². The quantitative estimate of drug-likeness (QED) is 0.776. The van der Waals surface area contributed by atoms with Crippen molar-refractivity contribution in [2.24, 2.45) is 0 Å². The summed E-state index contributed by atoms with van der Waals surface area (Å²) >= 11 is 0. The summed E-state index contributed by atoms with van der Waals surface area (Å²) in [6, 6.07) is 17.0. The number of ether oxygens (including phenoxy) is 2. The van der Waals surface area contributed by atoms with Gasteiger partial charge in [-0.1, -0.05) is 42.5 Å². The van der Waals surface area contributed by atoms with Crippen molar-refractivity contribution >= 4 is 17.7 Å². The highest BCUT2D eigenvalue weighted by molar-refractivity contribution is 5.91. The van der Waals surface area contributed by atoms with Crippen LogP contribution in [0.3, 0.4) is 0 Å². The van der Waals surface area contributed by atoms with Gasteiger partial charge in [-0.15, -0.1) is 0 Å². The molecule has 0 radical (unpaired) electrons. The second-order valence-corrected chi connectivity index (χ2v) is 7.56. The lowest BCUT2D eigenvalue weighted by Gasteiger charge is -2.24. The van der Waals surface area contributed by atoms with E-state index in [1.165, 1.54) is 4.90 Å². The molecule has 150 valence electrons. The van der Waals surface area contributed by atoms with E-state index in [1.807, 2.05) is 69.3 Å². The second-order valence-electron chi connectivity index (χ2n) is 7.56. The van der Waals surface area contributed by atoms with E-state index in [0.717, 1.165) is 11.1 Å². The maximum Gasteiger partial charge on any atom is 0.410 e. The summed E-state index contributed by atoms with van der Waals surface area (Å²) in [5.41, 5.74) is 2.02. The molecular formula is C22H28N2O4. The maximum atomic E-state index is 12.1. The Morgan fingerprint density at radius 2 is 1.68 bits per heavy atom. The molecule has 0 spiro atoms. The SMILES string of the molecule is CN(Cc1cccc(NC(=O)COCc2ccccc2)c1)C(=O)OC(C)(C)C. The summed E-state index contributed by atoms with van der Waals surface area (Å²) < 4.78 is 10.8. The summed E-state index contributed by atoms with van der Waals surface area (Å²) in [4.78, 5) is 25.7. The Morgan fingerprint density at radius 3 is 2.36 bits per heavy atom. The number of nitrogens with zero attached hydrogens (tertiary/aromatic N) is 1. The lowest BCUT2D eigenvalue weighted by atomic mass is 10.2. The standard InChI is InChI=1S/C22H28N2O4/c1-22(2,3)28-21(26)24(4)14-18-11-8-12-19(13-18)23-20(25)16-27-15-17-9-6-5-7-10-17/h5-13H,14-16H2,1-4H3,(H,23,25). The van der Waals surface area contributed by atoms with Crippen LogP contribution in [0, 0.1) is 0 Å². The molecule has 0 fully saturated rings. The Labute approximate surface area is 166 Å². The lowest BCUT2D eigenvalue weighted by molar-refractivity contribution is -0.121. The van der Waals surface area contributed by atoms with Crippen molar-refractivity contribution in [3.8, 4) is 0 Å². The predicted molar refractivity (Wildman–Crippen MR) is 109 cm³/mol. The monoisotopic (exact) mass is 384 g/mol. The van der Waals surface area contributed by atoms with Crippen LogP contribution >= 0.6 is 0 Å². The summed E-state index contributed by atoms with van der Waals surface area (Å²) in [7, 11) is 1.68. The molecule has 28 heavy (non-hydrogen) atoms. The van der Waals surface area contributed by atoms with Crippen LogP contribution in [-0.4, -0.2) is 36.2 Å². The van der Waals surface area contributed by atoms with Gasteiger partial charge in [-0.3, -0.25) is 4.79 Å². The van der Waals surface area contributed by atoms with Crippen molar-refractivity contribution in [1.29, 1.82) is 0 Å². The molecule has 6 heteroatoms. The molecule has 0 aliphatic carbocycles. The summed E-state index contributed by atoms with van der Waals surface area (Å²) in [5, 5.41) is 2.81. The molecule has 2 amide bonds. The molecule has 2 aromatic carbocycles. The minimum absolute atomic E-state index is 0.0308. The third-order valence-corrected chi connectivity index (χ3v) is 3.68. The Bertz CT molecular complexity index is 785. The first-order valence-electron chi connectivity index (χ1n) is 9.17. The van der Waals surface area contributed by atoms with Crippen molar-refractivity contribution in [2.75, 3.05) is 19.0 Å². The fraction of sp³-hybridized carbons (Fsp3) is 0.364. The van der Waals surface area contributed by atoms with Gasteiger partial charge in [-0.05, 0) is 44.0 Å². The van der Waals surface area contributed by atoms with Gasteiger partial charge < -0.3 is 19.7 Å². The Hall–Kier alpha value is -2.86. The van der Waals surface area contributed by atoms with Crippen LogP contribution in [0.2, 0.25) is 0 Å². The van der Waals surface area contributed by atoms with Crippen molar-refractivity contribution < 1.29 is 19.1 Å². The highest BCUT2D eigenvalue weighted by atomic mass is 16.6. The van der Waals surface area contributed by atoms with E-state index in [9.17, 15) is 9.59 Å². The molecule has 0 saturated carbocycles. The largest absolute Gasteiger partial charge is 0.444 e. The average molecular weight is 384 g/mol. The number of nitrogens with one attached hydrogen (secondary N) is 1. The predicted octanol–water partition coefficient (Wildman–Crippen LogP) is 4.21. The van der Waals surface area contributed by atoms with Crippen LogP contribution in [0.1, 0.15) is 31.9 Å². The van der Waals surface area contributed by atoms with E-state index < -0.39 is 11.7 Å². The molecule has 6 nitrogen and oxygen atoms in total. The molecule has 2 rings (SSSR count). The topological polar surface area (TPSA) is 67.9 Å². The van der Waals surface area contributed by atoms with Gasteiger partial charge >= 0.3 is 6.09 Å². The molecule has 0 heterocycles. The third kappa shape index (κ3) is 7.80. The van der Waals surface area contributed by atoms with E-state index in [4.69, 9.17) is 9.47 Å². The average Bonchev–Trinajstić information content (AvgIpc) is 2.61. The van der Waals surface area contributed by atoms with Crippen LogP contribution in [0.25, 0.3) is 0 Å². The van der Waals surface area contributed by atoms with Gasteiger partial charge in [0.25, 0.3) is 0 Å². The zero-order valence-corrected chi connectivity index (χ0v) is 16.9. The number of hydrogen-bond donors (Lipinski definition) is 1. The first kappa shape index (κ1) is 21.4. The molecule has 2 aromatic rings. The Kier molecular flexibility index (Phi) is 7.58. The van der Waals surface area contributed by atoms with Crippen LogP contribution in [0.5, 0.6) is 0 Å². The fourth-order valence-electron chi connectivity index (χ4n) is 2.46. The number of carbonyl (C=O) groups is 2. The van der Waals surface area contributed by atoms with Crippen molar-refractivity contribution in [3.05, 3.63) is 65.7 Å². The lowest BCUT2D eigenvalue weighted by Crippen LogP contribution is -2.33. The molecule has 0 saturated heterocycles. The van der Waals surface area contributed by atoms with Crippen molar-refractivity contribution in [3.63, 3.8) is 0 Å². The van der Waals surface area contributed by atoms with Gasteiger partial charge in [0.05, 0.1) is 6.61 Å². The maximum absolute atomic E-state index is 12.1. The number of rotatable bonds is 7. The smallest absolute Gasteiger partial charge is 0.410 e. The van der Waals surface area contributed by atoms with Crippen LogP contribution in [-0.2, 0) is 27.4 Å². The summed E-state index contributed by atoms with van der Waals surface area (Å²) in [6.45, 7) is 6.22. The van der Waals surface area contributed by atoms with Crippen LogP contribution in [0.15, 0.2) is 54.6 Å². The van der Waals surface area contributed by atoms with E-state index in [0.29, 0.717) is 18.8 Å².